The number of pyridine rings is 1. The second-order valence-electron chi connectivity index (χ2n) is 6.98. The van der Waals surface area contributed by atoms with Gasteiger partial charge in [0, 0.05) is 32.4 Å². The maximum Gasteiger partial charge on any atom is 0.155 e. The number of hydrogen-bond acceptors (Lipinski definition) is 2. The molecular formula is C24H16N2S. The van der Waals surface area contributed by atoms with E-state index < -0.39 is 0 Å². The first kappa shape index (κ1) is 14.9. The zero-order valence-electron chi connectivity index (χ0n) is 14.8. The molecule has 0 unspecified atom stereocenters. The van der Waals surface area contributed by atoms with Gasteiger partial charge in [-0.1, -0.05) is 48.0 Å². The van der Waals surface area contributed by atoms with Gasteiger partial charge in [0.25, 0.3) is 0 Å². The van der Waals surface area contributed by atoms with Crippen molar-refractivity contribution in [3.8, 4) is 5.82 Å². The van der Waals surface area contributed by atoms with Gasteiger partial charge in [-0.15, -0.1) is 11.3 Å². The van der Waals surface area contributed by atoms with Gasteiger partial charge >= 0.3 is 0 Å². The highest BCUT2D eigenvalue weighted by Crippen LogP contribution is 2.39. The monoisotopic (exact) mass is 364 g/mol. The van der Waals surface area contributed by atoms with Crippen molar-refractivity contribution in [1.82, 2.24) is 9.55 Å². The second kappa shape index (κ2) is 5.41. The van der Waals surface area contributed by atoms with Gasteiger partial charge in [-0.3, -0.25) is 4.57 Å². The number of rotatable bonds is 1. The molecule has 0 aliphatic carbocycles. The molecule has 6 aromatic rings. The minimum absolute atomic E-state index is 1.02. The molecule has 0 spiro atoms. The third-order valence-electron chi connectivity index (χ3n) is 5.31. The average molecular weight is 364 g/mol. The van der Waals surface area contributed by atoms with Gasteiger partial charge in [0.15, 0.2) is 5.82 Å². The Balaban J connectivity index is 1.83. The highest BCUT2D eigenvalue weighted by Gasteiger charge is 2.17. The summed E-state index contributed by atoms with van der Waals surface area (Å²) < 4.78 is 4.86. The predicted molar refractivity (Wildman–Crippen MR) is 116 cm³/mol. The van der Waals surface area contributed by atoms with Crippen molar-refractivity contribution in [2.24, 2.45) is 0 Å². The zero-order chi connectivity index (χ0) is 18.0. The lowest BCUT2D eigenvalue weighted by atomic mass is 10.1. The van der Waals surface area contributed by atoms with Crippen LogP contribution in [-0.2, 0) is 0 Å². The Morgan fingerprint density at radius 2 is 1.52 bits per heavy atom. The van der Waals surface area contributed by atoms with E-state index >= 15 is 0 Å². The molecule has 0 bridgehead atoms. The van der Waals surface area contributed by atoms with Crippen molar-refractivity contribution in [1.29, 1.82) is 0 Å². The number of benzene rings is 3. The summed E-state index contributed by atoms with van der Waals surface area (Å²) in [5, 5.41) is 5.14. The number of fused-ring (bicyclic) bond motifs is 6. The maximum atomic E-state index is 4.84. The molecule has 3 aromatic heterocycles. The topological polar surface area (TPSA) is 17.8 Å². The molecule has 0 fully saturated rings. The molecule has 0 radical (unpaired) electrons. The molecule has 0 saturated heterocycles. The normalized spacial score (nSPS) is 11.9. The highest BCUT2D eigenvalue weighted by atomic mass is 32.1. The molecule has 0 saturated carbocycles. The second-order valence-corrected chi connectivity index (χ2v) is 8.03. The minimum Gasteiger partial charge on any atom is -0.293 e. The van der Waals surface area contributed by atoms with Gasteiger partial charge in [-0.25, -0.2) is 4.98 Å². The van der Waals surface area contributed by atoms with E-state index in [1.807, 2.05) is 17.5 Å². The lowest BCUT2D eigenvalue weighted by Crippen LogP contribution is -1.97. The third-order valence-corrected chi connectivity index (χ3v) is 6.50. The van der Waals surface area contributed by atoms with Crippen LogP contribution >= 0.6 is 11.3 Å². The van der Waals surface area contributed by atoms with Crippen molar-refractivity contribution >= 4 is 53.3 Å². The Morgan fingerprint density at radius 1 is 0.741 bits per heavy atom. The van der Waals surface area contributed by atoms with E-state index in [9.17, 15) is 0 Å². The zero-order valence-corrected chi connectivity index (χ0v) is 15.6. The van der Waals surface area contributed by atoms with Crippen LogP contribution in [0.1, 0.15) is 5.56 Å². The molecule has 0 N–H and O–H groups in total. The Morgan fingerprint density at radius 3 is 2.44 bits per heavy atom. The fourth-order valence-corrected chi connectivity index (χ4v) is 5.29. The molecule has 27 heavy (non-hydrogen) atoms. The van der Waals surface area contributed by atoms with Gasteiger partial charge in [0.1, 0.15) is 0 Å². The van der Waals surface area contributed by atoms with Crippen molar-refractivity contribution in [3.63, 3.8) is 0 Å². The van der Waals surface area contributed by atoms with Crippen LogP contribution in [0.25, 0.3) is 47.8 Å². The van der Waals surface area contributed by atoms with Gasteiger partial charge in [0.05, 0.1) is 15.7 Å². The number of aromatic nitrogens is 2. The predicted octanol–water partition coefficient (Wildman–Crippen LogP) is 6.86. The van der Waals surface area contributed by atoms with E-state index in [0.29, 0.717) is 0 Å². The number of nitrogens with zero attached hydrogens (tertiary/aromatic N) is 2. The fraction of sp³-hybridized carbons (Fsp3) is 0.0417. The summed E-state index contributed by atoms with van der Waals surface area (Å²) in [6.07, 6.45) is 1.94. The van der Waals surface area contributed by atoms with E-state index in [1.54, 1.807) is 0 Å². The quantitative estimate of drug-likeness (QED) is 0.312. The molecule has 0 aliphatic heterocycles. The van der Waals surface area contributed by atoms with Crippen LogP contribution in [-0.4, -0.2) is 9.55 Å². The first-order valence-electron chi connectivity index (χ1n) is 9.08. The summed E-state index contributed by atoms with van der Waals surface area (Å²) in [6.45, 7) is 2.15. The summed E-state index contributed by atoms with van der Waals surface area (Å²) in [5.41, 5.74) is 3.69. The average Bonchev–Trinajstić information content (AvgIpc) is 3.24. The Kier molecular flexibility index (Phi) is 3.00. The summed E-state index contributed by atoms with van der Waals surface area (Å²) in [5.74, 6) is 1.02. The molecule has 3 heteroatoms. The lowest BCUT2D eigenvalue weighted by molar-refractivity contribution is 1.10. The Labute approximate surface area is 160 Å². The third kappa shape index (κ3) is 2.03. The molecule has 6 rings (SSSR count). The molecule has 0 aliphatic rings. The van der Waals surface area contributed by atoms with E-state index in [2.05, 4.69) is 84.3 Å². The Hall–Kier alpha value is -3.17. The molecule has 128 valence electrons. The van der Waals surface area contributed by atoms with Gasteiger partial charge < -0.3 is 0 Å². The molecule has 3 heterocycles. The Bertz CT molecular complexity index is 1490. The largest absolute Gasteiger partial charge is 0.293 e. The fourth-order valence-electron chi connectivity index (χ4n) is 4.11. The van der Waals surface area contributed by atoms with Gasteiger partial charge in [0.2, 0.25) is 0 Å². The molecule has 2 nitrogen and oxygen atoms in total. The summed E-state index contributed by atoms with van der Waals surface area (Å²) in [7, 11) is 0. The molecular weight excluding hydrogens is 348 g/mol. The van der Waals surface area contributed by atoms with Crippen LogP contribution in [0.15, 0.2) is 79.0 Å². The van der Waals surface area contributed by atoms with Crippen LogP contribution in [0.5, 0.6) is 0 Å². The van der Waals surface area contributed by atoms with E-state index in [1.165, 1.54) is 47.5 Å². The molecule has 0 atom stereocenters. The van der Waals surface area contributed by atoms with E-state index in [-0.39, 0.29) is 0 Å². The van der Waals surface area contributed by atoms with Crippen molar-refractivity contribution < 1.29 is 0 Å². The van der Waals surface area contributed by atoms with Crippen LogP contribution in [0.3, 0.4) is 0 Å². The number of thiophene rings is 1. The highest BCUT2D eigenvalue weighted by molar-refractivity contribution is 7.26. The first-order valence-corrected chi connectivity index (χ1v) is 9.89. The van der Waals surface area contributed by atoms with Gasteiger partial charge in [-0.05, 0) is 37.3 Å². The van der Waals surface area contributed by atoms with Crippen LogP contribution in [0, 0.1) is 6.92 Å². The number of hydrogen-bond donors (Lipinski definition) is 0. The van der Waals surface area contributed by atoms with Crippen LogP contribution < -0.4 is 0 Å². The summed E-state index contributed by atoms with van der Waals surface area (Å²) in [6, 6.07) is 26.0. The van der Waals surface area contributed by atoms with Crippen molar-refractivity contribution in [3.05, 3.63) is 84.6 Å². The van der Waals surface area contributed by atoms with E-state index in [4.69, 9.17) is 4.98 Å². The van der Waals surface area contributed by atoms with Crippen molar-refractivity contribution in [2.75, 3.05) is 0 Å². The molecule has 0 amide bonds. The smallest absolute Gasteiger partial charge is 0.155 e. The number of para-hydroxylation sites is 1. The van der Waals surface area contributed by atoms with Gasteiger partial charge in [-0.2, -0.15) is 0 Å². The summed E-state index contributed by atoms with van der Waals surface area (Å²) in [4.78, 5) is 4.84. The SMILES string of the molecule is Cc1ccc2c(c1)c1ccccc1n2-c1nccc2c1sc1ccccc12. The first-order chi connectivity index (χ1) is 13.3. The standard InChI is InChI=1S/C24H16N2S/c1-15-10-11-21-19(14-15)16-6-2-4-8-20(16)26(21)24-23-18(12-13-25-24)17-7-3-5-9-22(17)27-23/h2-14H,1H3. The molecule has 3 aromatic carbocycles. The van der Waals surface area contributed by atoms with Crippen LogP contribution in [0.2, 0.25) is 0 Å². The lowest BCUT2D eigenvalue weighted by Gasteiger charge is -2.08. The number of aryl methyl sites for hydroxylation is 1. The minimum atomic E-state index is 1.02. The van der Waals surface area contributed by atoms with Crippen LogP contribution in [0.4, 0.5) is 0 Å². The van der Waals surface area contributed by atoms with E-state index in [0.717, 1.165) is 5.82 Å². The van der Waals surface area contributed by atoms with Crippen molar-refractivity contribution in [2.45, 2.75) is 6.92 Å². The maximum absolute atomic E-state index is 4.84. The summed E-state index contributed by atoms with van der Waals surface area (Å²) >= 11 is 1.82.